The van der Waals surface area contributed by atoms with Gasteiger partial charge in [-0.15, -0.1) is 0 Å². The van der Waals surface area contributed by atoms with Crippen molar-refractivity contribution in [2.24, 2.45) is 0 Å². The molecule has 112 valence electrons. The van der Waals surface area contributed by atoms with Gasteiger partial charge in [0.05, 0.1) is 6.04 Å². The van der Waals surface area contributed by atoms with Gasteiger partial charge >= 0.3 is 0 Å². The SMILES string of the molecule is CCCNC(c1cc(Br)ccc1I)c1cccc(F)c1F. The molecule has 0 aliphatic carbocycles. The van der Waals surface area contributed by atoms with Crippen molar-refractivity contribution >= 4 is 38.5 Å². The molecule has 0 saturated carbocycles. The Morgan fingerprint density at radius 2 is 1.95 bits per heavy atom. The summed E-state index contributed by atoms with van der Waals surface area (Å²) in [5, 5.41) is 3.31. The van der Waals surface area contributed by atoms with Crippen LogP contribution in [0.5, 0.6) is 0 Å². The number of hydrogen-bond acceptors (Lipinski definition) is 1. The Labute approximate surface area is 145 Å². The Morgan fingerprint density at radius 3 is 2.67 bits per heavy atom. The van der Waals surface area contributed by atoms with E-state index in [9.17, 15) is 8.78 Å². The molecule has 0 radical (unpaired) electrons. The third kappa shape index (κ3) is 4.02. The molecule has 1 atom stereocenters. The molecule has 0 spiro atoms. The summed E-state index contributed by atoms with van der Waals surface area (Å²) in [5.74, 6) is -1.61. The summed E-state index contributed by atoms with van der Waals surface area (Å²) in [7, 11) is 0. The molecule has 21 heavy (non-hydrogen) atoms. The summed E-state index contributed by atoms with van der Waals surface area (Å²) >= 11 is 5.65. The van der Waals surface area contributed by atoms with E-state index in [0.29, 0.717) is 5.56 Å². The van der Waals surface area contributed by atoms with Crippen molar-refractivity contribution in [3.05, 3.63) is 67.2 Å². The monoisotopic (exact) mass is 465 g/mol. The van der Waals surface area contributed by atoms with Crippen LogP contribution in [0.3, 0.4) is 0 Å². The van der Waals surface area contributed by atoms with Crippen LogP contribution in [0.1, 0.15) is 30.5 Å². The summed E-state index contributed by atoms with van der Waals surface area (Å²) in [6.45, 7) is 2.76. The van der Waals surface area contributed by atoms with Gasteiger partial charge in [0, 0.05) is 13.6 Å². The predicted molar refractivity (Wildman–Crippen MR) is 93.4 cm³/mol. The van der Waals surface area contributed by atoms with Crippen molar-refractivity contribution in [2.75, 3.05) is 6.54 Å². The lowest BCUT2D eigenvalue weighted by Crippen LogP contribution is -2.25. The quantitative estimate of drug-likeness (QED) is 0.581. The highest BCUT2D eigenvalue weighted by Crippen LogP contribution is 2.31. The van der Waals surface area contributed by atoms with Gasteiger partial charge in [-0.3, -0.25) is 0 Å². The van der Waals surface area contributed by atoms with E-state index in [0.717, 1.165) is 32.6 Å². The maximum atomic E-state index is 14.2. The average Bonchev–Trinajstić information content (AvgIpc) is 2.47. The topological polar surface area (TPSA) is 12.0 Å². The first-order chi connectivity index (χ1) is 10.0. The van der Waals surface area contributed by atoms with E-state index in [1.165, 1.54) is 0 Å². The van der Waals surface area contributed by atoms with Gasteiger partial charge in [0.2, 0.25) is 0 Å². The van der Waals surface area contributed by atoms with Gasteiger partial charge in [-0.05, 0) is 65.4 Å². The largest absolute Gasteiger partial charge is 0.306 e. The minimum atomic E-state index is -0.819. The molecule has 1 nitrogen and oxygen atoms in total. The van der Waals surface area contributed by atoms with Crippen LogP contribution in [0.2, 0.25) is 0 Å². The molecule has 0 fully saturated rings. The van der Waals surface area contributed by atoms with E-state index in [1.54, 1.807) is 12.1 Å². The molecular formula is C16H15BrF2IN. The second kappa shape index (κ2) is 7.65. The number of rotatable bonds is 5. The van der Waals surface area contributed by atoms with E-state index < -0.39 is 11.6 Å². The van der Waals surface area contributed by atoms with Gasteiger partial charge in [-0.2, -0.15) is 0 Å². The van der Waals surface area contributed by atoms with Crippen LogP contribution in [0.15, 0.2) is 40.9 Å². The third-order valence-electron chi connectivity index (χ3n) is 3.16. The van der Waals surface area contributed by atoms with Gasteiger partial charge in [0.15, 0.2) is 11.6 Å². The third-order valence-corrected chi connectivity index (χ3v) is 4.64. The van der Waals surface area contributed by atoms with Crippen molar-refractivity contribution in [1.29, 1.82) is 0 Å². The molecule has 2 aromatic carbocycles. The fraction of sp³-hybridized carbons (Fsp3) is 0.250. The lowest BCUT2D eigenvalue weighted by atomic mass is 9.98. The molecular weight excluding hydrogens is 451 g/mol. The molecule has 0 aliphatic heterocycles. The lowest BCUT2D eigenvalue weighted by Gasteiger charge is -2.22. The molecule has 0 saturated heterocycles. The molecule has 0 amide bonds. The first-order valence-corrected chi connectivity index (χ1v) is 8.54. The highest BCUT2D eigenvalue weighted by molar-refractivity contribution is 14.1. The molecule has 1 unspecified atom stereocenters. The minimum absolute atomic E-state index is 0.333. The molecule has 2 aromatic rings. The molecule has 5 heteroatoms. The fourth-order valence-corrected chi connectivity index (χ4v) is 3.18. The molecule has 0 bridgehead atoms. The van der Waals surface area contributed by atoms with E-state index in [1.807, 2.05) is 25.1 Å². The number of hydrogen-bond donors (Lipinski definition) is 1. The van der Waals surface area contributed by atoms with Crippen molar-refractivity contribution in [1.82, 2.24) is 5.32 Å². The molecule has 1 N–H and O–H groups in total. The van der Waals surface area contributed by atoms with Gasteiger partial charge in [-0.1, -0.05) is 35.0 Å². The Kier molecular flexibility index (Phi) is 6.13. The van der Waals surface area contributed by atoms with E-state index in [4.69, 9.17) is 0 Å². The van der Waals surface area contributed by atoms with Crippen LogP contribution in [-0.4, -0.2) is 6.54 Å². The summed E-state index contributed by atoms with van der Waals surface area (Å²) < 4.78 is 29.6. The standard InChI is InChI=1S/C16H15BrF2IN/c1-2-8-21-16(11-4-3-5-13(18)15(11)19)12-9-10(17)6-7-14(12)20/h3-7,9,16,21H,2,8H2,1H3. The van der Waals surface area contributed by atoms with E-state index in [2.05, 4.69) is 43.8 Å². The van der Waals surface area contributed by atoms with Crippen LogP contribution >= 0.6 is 38.5 Å². The van der Waals surface area contributed by atoms with E-state index in [-0.39, 0.29) is 6.04 Å². The van der Waals surface area contributed by atoms with Gasteiger partial charge in [-0.25, -0.2) is 8.78 Å². The molecule has 0 aliphatic rings. The fourth-order valence-electron chi connectivity index (χ4n) is 2.16. The van der Waals surface area contributed by atoms with Gasteiger partial charge in [0.1, 0.15) is 0 Å². The predicted octanol–water partition coefficient (Wildman–Crippen LogP) is 5.42. The highest BCUT2D eigenvalue weighted by Gasteiger charge is 2.21. The lowest BCUT2D eigenvalue weighted by molar-refractivity contribution is 0.480. The van der Waals surface area contributed by atoms with Gasteiger partial charge in [0.25, 0.3) is 0 Å². The highest BCUT2D eigenvalue weighted by atomic mass is 127. The summed E-state index contributed by atoms with van der Waals surface area (Å²) in [4.78, 5) is 0. The zero-order valence-electron chi connectivity index (χ0n) is 11.5. The van der Waals surface area contributed by atoms with Gasteiger partial charge < -0.3 is 5.32 Å². The summed E-state index contributed by atoms with van der Waals surface area (Å²) in [5.41, 5.74) is 1.27. The smallest absolute Gasteiger partial charge is 0.163 e. The zero-order chi connectivity index (χ0) is 15.4. The Hall–Kier alpha value is -0.530. The molecule has 0 heterocycles. The zero-order valence-corrected chi connectivity index (χ0v) is 15.2. The minimum Gasteiger partial charge on any atom is -0.306 e. The molecule has 0 aromatic heterocycles. The maximum absolute atomic E-state index is 14.2. The Bertz CT molecular complexity index is 632. The van der Waals surface area contributed by atoms with Crippen molar-refractivity contribution in [3.8, 4) is 0 Å². The van der Waals surface area contributed by atoms with Crippen LogP contribution in [-0.2, 0) is 0 Å². The number of halogens is 4. The van der Waals surface area contributed by atoms with Crippen LogP contribution in [0.4, 0.5) is 8.78 Å². The first-order valence-electron chi connectivity index (χ1n) is 6.66. The van der Waals surface area contributed by atoms with Crippen molar-refractivity contribution < 1.29 is 8.78 Å². The molecule has 2 rings (SSSR count). The second-order valence-corrected chi connectivity index (χ2v) is 6.77. The average molecular weight is 466 g/mol. The maximum Gasteiger partial charge on any atom is 0.163 e. The van der Waals surface area contributed by atoms with Crippen LogP contribution in [0.25, 0.3) is 0 Å². The normalized spacial score (nSPS) is 12.4. The Balaban J connectivity index is 2.52. The van der Waals surface area contributed by atoms with E-state index >= 15 is 0 Å². The number of benzene rings is 2. The van der Waals surface area contributed by atoms with Crippen LogP contribution < -0.4 is 5.32 Å². The van der Waals surface area contributed by atoms with Crippen LogP contribution in [0, 0.1) is 15.2 Å². The summed E-state index contributed by atoms with van der Waals surface area (Å²) in [6, 6.07) is 9.77. The summed E-state index contributed by atoms with van der Waals surface area (Å²) in [6.07, 6.45) is 0.915. The van der Waals surface area contributed by atoms with Crippen molar-refractivity contribution in [3.63, 3.8) is 0 Å². The first kappa shape index (κ1) is 16.8. The second-order valence-electron chi connectivity index (χ2n) is 4.70. The van der Waals surface area contributed by atoms with Crippen molar-refractivity contribution in [2.45, 2.75) is 19.4 Å². The number of nitrogens with one attached hydrogen (secondary N) is 1. The Morgan fingerprint density at radius 1 is 1.19 bits per heavy atom.